The van der Waals surface area contributed by atoms with Crippen LogP contribution in [0.3, 0.4) is 0 Å². The Kier molecular flexibility index (Phi) is 7.04. The van der Waals surface area contributed by atoms with Gasteiger partial charge in [0.05, 0.1) is 5.69 Å². The maximum absolute atomic E-state index is 4.99. The van der Waals surface area contributed by atoms with E-state index >= 15 is 0 Å². The Bertz CT molecular complexity index is 947. The van der Waals surface area contributed by atoms with Gasteiger partial charge in [0.2, 0.25) is 0 Å². The van der Waals surface area contributed by atoms with Crippen LogP contribution in [0, 0.1) is 20.8 Å². The number of nitrogens with one attached hydrogen (secondary N) is 1. The van der Waals surface area contributed by atoms with Crippen LogP contribution in [0.25, 0.3) is 22.6 Å². The van der Waals surface area contributed by atoms with Gasteiger partial charge in [-0.25, -0.2) is 9.97 Å². The van der Waals surface area contributed by atoms with E-state index in [4.69, 9.17) is 4.98 Å². The summed E-state index contributed by atoms with van der Waals surface area (Å²) in [5, 5.41) is 11.6. The van der Waals surface area contributed by atoms with Crippen LogP contribution in [0.2, 0.25) is 0 Å². The minimum absolute atomic E-state index is 0.431. The molecule has 152 valence electrons. The van der Waals surface area contributed by atoms with Gasteiger partial charge in [-0.2, -0.15) is 5.10 Å². The molecule has 1 aromatic carbocycles. The van der Waals surface area contributed by atoms with Crippen LogP contribution in [0.1, 0.15) is 55.0 Å². The van der Waals surface area contributed by atoms with Gasteiger partial charge in [-0.05, 0) is 81.1 Å². The monoisotopic (exact) mass is 389 g/mol. The van der Waals surface area contributed by atoms with E-state index in [9.17, 15) is 0 Å². The molecule has 0 saturated carbocycles. The van der Waals surface area contributed by atoms with Crippen LogP contribution in [0.5, 0.6) is 0 Å². The van der Waals surface area contributed by atoms with Crippen molar-refractivity contribution < 1.29 is 0 Å². The van der Waals surface area contributed by atoms with Crippen LogP contribution in [0.15, 0.2) is 36.7 Å². The molecule has 3 heterocycles. The van der Waals surface area contributed by atoms with Gasteiger partial charge >= 0.3 is 0 Å². The Hall–Kier alpha value is -2.66. The van der Waals surface area contributed by atoms with E-state index in [0.717, 1.165) is 42.9 Å². The van der Waals surface area contributed by atoms with Gasteiger partial charge in [0.1, 0.15) is 5.69 Å². The molecule has 1 saturated heterocycles. The fraction of sp³-hybridized carbons (Fsp3) is 0.417. The molecule has 5 nitrogen and oxygen atoms in total. The summed E-state index contributed by atoms with van der Waals surface area (Å²) in [6.07, 6.45) is 5.83. The van der Waals surface area contributed by atoms with Crippen molar-refractivity contribution in [1.82, 2.24) is 25.5 Å². The highest BCUT2D eigenvalue weighted by molar-refractivity contribution is 5.72. The summed E-state index contributed by atoms with van der Waals surface area (Å²) >= 11 is 0. The normalized spacial score (nSPS) is 14.2. The molecule has 0 bridgehead atoms. The molecule has 4 rings (SSSR count). The Morgan fingerprint density at radius 3 is 2.38 bits per heavy atom. The fourth-order valence-corrected chi connectivity index (χ4v) is 3.80. The average molecular weight is 390 g/mol. The van der Waals surface area contributed by atoms with Crippen molar-refractivity contribution in [3.05, 3.63) is 59.0 Å². The van der Waals surface area contributed by atoms with Gasteiger partial charge < -0.3 is 5.32 Å². The van der Waals surface area contributed by atoms with Crippen LogP contribution >= 0.6 is 0 Å². The maximum atomic E-state index is 4.99. The van der Waals surface area contributed by atoms with Gasteiger partial charge in [0.25, 0.3) is 0 Å². The smallest absolute Gasteiger partial charge is 0.180 e. The number of nitrogens with zero attached hydrogens (tertiary/aromatic N) is 4. The molecule has 1 N–H and O–H groups in total. The molecule has 0 amide bonds. The first-order valence-corrected chi connectivity index (χ1v) is 10.6. The van der Waals surface area contributed by atoms with Crippen LogP contribution in [-0.4, -0.2) is 33.3 Å². The third-order valence-corrected chi connectivity index (χ3v) is 5.69. The Balaban J connectivity index is 0.00000117. The second-order valence-electron chi connectivity index (χ2n) is 7.31. The fourth-order valence-electron chi connectivity index (χ4n) is 3.80. The zero-order chi connectivity index (χ0) is 20.8. The number of benzene rings is 1. The number of piperidine rings is 1. The number of hydrogen-bond acceptors (Lipinski definition) is 5. The Morgan fingerprint density at radius 2 is 1.69 bits per heavy atom. The van der Waals surface area contributed by atoms with Crippen molar-refractivity contribution in [2.45, 2.75) is 53.4 Å². The Labute approximate surface area is 174 Å². The molecule has 0 radical (unpaired) electrons. The molecule has 0 unspecified atom stereocenters. The number of aromatic nitrogens is 4. The summed E-state index contributed by atoms with van der Waals surface area (Å²) in [4.78, 5) is 9.64. The molecule has 0 aliphatic carbocycles. The molecule has 1 aliphatic rings. The highest BCUT2D eigenvalue weighted by atomic mass is 15.1. The van der Waals surface area contributed by atoms with E-state index in [-0.39, 0.29) is 0 Å². The zero-order valence-corrected chi connectivity index (χ0v) is 18.2. The Morgan fingerprint density at radius 1 is 0.931 bits per heavy atom. The lowest BCUT2D eigenvalue weighted by molar-refractivity contribution is 0.454. The molecule has 0 atom stereocenters. The number of aryl methyl sites for hydroxylation is 1. The highest BCUT2D eigenvalue weighted by Crippen LogP contribution is 2.36. The second-order valence-corrected chi connectivity index (χ2v) is 7.31. The lowest BCUT2D eigenvalue weighted by Gasteiger charge is -2.25. The van der Waals surface area contributed by atoms with E-state index in [1.54, 1.807) is 6.20 Å². The van der Waals surface area contributed by atoms with Crippen LogP contribution in [0.4, 0.5) is 0 Å². The molecular weight excluding hydrogens is 358 g/mol. The lowest BCUT2D eigenvalue weighted by atomic mass is 9.87. The summed E-state index contributed by atoms with van der Waals surface area (Å²) in [6, 6.07) is 8.19. The maximum Gasteiger partial charge on any atom is 0.180 e. The minimum Gasteiger partial charge on any atom is -0.317 e. The molecule has 1 fully saturated rings. The first-order chi connectivity index (χ1) is 14.1. The zero-order valence-electron chi connectivity index (χ0n) is 18.2. The first-order valence-electron chi connectivity index (χ1n) is 10.6. The van der Waals surface area contributed by atoms with Gasteiger partial charge in [-0.1, -0.05) is 26.0 Å². The summed E-state index contributed by atoms with van der Waals surface area (Å²) in [7, 11) is 0. The van der Waals surface area contributed by atoms with Gasteiger partial charge in [0.15, 0.2) is 5.82 Å². The van der Waals surface area contributed by atoms with E-state index < -0.39 is 0 Å². The SMILES string of the molecule is CC.Cc1ccc(-c2cnc(-c3cccnn3)nc2C2CCNCC2)c(C)c1C. The predicted molar refractivity (Wildman–Crippen MR) is 119 cm³/mol. The topological polar surface area (TPSA) is 63.6 Å². The molecule has 0 spiro atoms. The van der Waals surface area contributed by atoms with Crippen molar-refractivity contribution in [2.24, 2.45) is 0 Å². The molecule has 29 heavy (non-hydrogen) atoms. The van der Waals surface area contributed by atoms with Gasteiger partial charge in [0, 0.05) is 23.9 Å². The summed E-state index contributed by atoms with van der Waals surface area (Å²) in [6.45, 7) is 12.6. The highest BCUT2D eigenvalue weighted by Gasteiger charge is 2.23. The number of rotatable bonds is 3. The predicted octanol–water partition coefficient (Wildman–Crippen LogP) is 5.02. The summed E-state index contributed by atoms with van der Waals surface area (Å²) in [5.41, 5.74) is 8.20. The van der Waals surface area contributed by atoms with Crippen molar-refractivity contribution in [2.75, 3.05) is 13.1 Å². The molecule has 1 aliphatic heterocycles. The third-order valence-electron chi connectivity index (χ3n) is 5.69. The number of hydrogen-bond donors (Lipinski definition) is 1. The largest absolute Gasteiger partial charge is 0.317 e. The standard InChI is InChI=1S/C22H25N5.C2H6/c1-14-6-7-18(16(3)15(14)2)19-13-24-22(20-5-4-10-25-27-20)26-21(19)17-8-11-23-12-9-17;1-2/h4-7,10,13,17,23H,8-9,11-12H2,1-3H3;1-2H3. The summed E-state index contributed by atoms with van der Waals surface area (Å²) in [5.74, 6) is 1.09. The van der Waals surface area contributed by atoms with E-state index in [2.05, 4.69) is 53.4 Å². The molecule has 5 heteroatoms. The van der Waals surface area contributed by atoms with E-state index in [0.29, 0.717) is 11.7 Å². The van der Waals surface area contributed by atoms with E-state index in [1.807, 2.05) is 32.2 Å². The van der Waals surface area contributed by atoms with Gasteiger partial charge in [-0.15, -0.1) is 5.10 Å². The van der Waals surface area contributed by atoms with E-state index in [1.165, 1.54) is 22.3 Å². The average Bonchev–Trinajstić information content (AvgIpc) is 2.80. The van der Waals surface area contributed by atoms with Crippen molar-refractivity contribution in [1.29, 1.82) is 0 Å². The van der Waals surface area contributed by atoms with Crippen molar-refractivity contribution >= 4 is 0 Å². The van der Waals surface area contributed by atoms with Gasteiger partial charge in [-0.3, -0.25) is 0 Å². The van der Waals surface area contributed by atoms with Crippen molar-refractivity contribution in [3.8, 4) is 22.6 Å². The summed E-state index contributed by atoms with van der Waals surface area (Å²) < 4.78 is 0. The van der Waals surface area contributed by atoms with Crippen LogP contribution < -0.4 is 5.32 Å². The van der Waals surface area contributed by atoms with Crippen LogP contribution in [-0.2, 0) is 0 Å². The molecule has 3 aromatic rings. The third kappa shape index (κ3) is 4.51. The first kappa shape index (κ1) is 21.1. The molecular formula is C24H31N5. The van der Waals surface area contributed by atoms with Crippen molar-refractivity contribution in [3.63, 3.8) is 0 Å². The lowest BCUT2D eigenvalue weighted by Crippen LogP contribution is -2.27. The second kappa shape index (κ2) is 9.70. The molecule has 2 aromatic heterocycles. The minimum atomic E-state index is 0.431. The quantitative estimate of drug-likeness (QED) is 0.681.